The first-order valence-electron chi connectivity index (χ1n) is 8.80. The summed E-state index contributed by atoms with van der Waals surface area (Å²) >= 11 is 0. The highest BCUT2D eigenvalue weighted by Crippen LogP contribution is 2.24. The van der Waals surface area contributed by atoms with E-state index in [2.05, 4.69) is 25.8 Å². The molecule has 3 rings (SSSR count). The largest absolute Gasteiger partial charge is 0.482 e. The Labute approximate surface area is 163 Å². The Hall–Kier alpha value is -3.41. The lowest BCUT2D eigenvalue weighted by Crippen LogP contribution is -2.11. The van der Waals surface area contributed by atoms with E-state index < -0.39 is 18.5 Å². The summed E-state index contributed by atoms with van der Waals surface area (Å²) in [7, 11) is 0. The molecule has 0 saturated carbocycles. The van der Waals surface area contributed by atoms with Gasteiger partial charge in [0.2, 0.25) is 5.90 Å². The molecule has 2 aromatic rings. The van der Waals surface area contributed by atoms with Crippen LogP contribution in [0.2, 0.25) is 0 Å². The standard InChI is InChI=1S/C22H21NO5/c1-22(2,3)16-8-6-15(7-9-16)20-23-18(21(26)28-20)12-14-4-10-17(11-5-14)27-13-19(24)25/h4-12H,13H2,1-3H3,(H,24,25)/b18-12-. The molecular formula is C22H21NO5. The fourth-order valence-corrected chi connectivity index (χ4v) is 2.61. The molecule has 6 nitrogen and oxygen atoms in total. The maximum absolute atomic E-state index is 12.1. The van der Waals surface area contributed by atoms with Crippen molar-refractivity contribution in [2.24, 2.45) is 4.99 Å². The maximum atomic E-state index is 12.1. The van der Waals surface area contributed by atoms with Gasteiger partial charge in [0.05, 0.1) is 0 Å². The zero-order chi connectivity index (χ0) is 20.3. The molecule has 1 heterocycles. The van der Waals surface area contributed by atoms with Crippen molar-refractivity contribution in [2.45, 2.75) is 26.2 Å². The fraction of sp³-hybridized carbons (Fsp3) is 0.227. The smallest absolute Gasteiger partial charge is 0.363 e. The summed E-state index contributed by atoms with van der Waals surface area (Å²) in [5, 5.41) is 8.62. The number of benzene rings is 2. The van der Waals surface area contributed by atoms with Crippen LogP contribution < -0.4 is 4.74 Å². The van der Waals surface area contributed by atoms with E-state index in [1.807, 2.05) is 24.3 Å². The number of hydrogen-bond acceptors (Lipinski definition) is 5. The average molecular weight is 379 g/mol. The summed E-state index contributed by atoms with van der Waals surface area (Å²) in [6, 6.07) is 14.5. The van der Waals surface area contributed by atoms with Crippen molar-refractivity contribution in [3.05, 3.63) is 70.9 Å². The lowest BCUT2D eigenvalue weighted by atomic mass is 9.87. The van der Waals surface area contributed by atoms with Crippen LogP contribution in [0.25, 0.3) is 6.08 Å². The highest BCUT2D eigenvalue weighted by molar-refractivity contribution is 6.12. The van der Waals surface area contributed by atoms with Crippen LogP contribution in [0.4, 0.5) is 0 Å². The number of nitrogens with zero attached hydrogens (tertiary/aromatic N) is 1. The molecule has 0 aliphatic carbocycles. The molecule has 1 aliphatic heterocycles. The van der Waals surface area contributed by atoms with Crippen LogP contribution in [0, 0.1) is 0 Å². The van der Waals surface area contributed by atoms with Gasteiger partial charge in [0.15, 0.2) is 12.3 Å². The van der Waals surface area contributed by atoms with Gasteiger partial charge in [0.1, 0.15) is 5.75 Å². The van der Waals surface area contributed by atoms with Gasteiger partial charge in [0.25, 0.3) is 0 Å². The van der Waals surface area contributed by atoms with E-state index in [0.29, 0.717) is 5.75 Å². The molecule has 0 amide bonds. The van der Waals surface area contributed by atoms with E-state index in [4.69, 9.17) is 14.6 Å². The monoisotopic (exact) mass is 379 g/mol. The topological polar surface area (TPSA) is 85.2 Å². The Morgan fingerprint density at radius 2 is 1.75 bits per heavy atom. The first-order chi connectivity index (χ1) is 13.2. The van der Waals surface area contributed by atoms with Crippen LogP contribution >= 0.6 is 0 Å². The molecule has 1 N–H and O–H groups in total. The third kappa shape index (κ3) is 4.65. The molecule has 28 heavy (non-hydrogen) atoms. The van der Waals surface area contributed by atoms with Crippen molar-refractivity contribution in [1.82, 2.24) is 0 Å². The molecule has 0 radical (unpaired) electrons. The van der Waals surface area contributed by atoms with E-state index in [1.165, 1.54) is 5.56 Å². The summed E-state index contributed by atoms with van der Waals surface area (Å²) < 4.78 is 10.4. The molecule has 0 bridgehead atoms. The molecule has 0 aromatic heterocycles. The van der Waals surface area contributed by atoms with E-state index >= 15 is 0 Å². The molecule has 144 valence electrons. The van der Waals surface area contributed by atoms with E-state index in [9.17, 15) is 9.59 Å². The third-order valence-corrected chi connectivity index (χ3v) is 4.16. The number of carboxylic acid groups (broad SMARTS) is 1. The van der Waals surface area contributed by atoms with Crippen molar-refractivity contribution >= 4 is 23.9 Å². The zero-order valence-electron chi connectivity index (χ0n) is 15.9. The van der Waals surface area contributed by atoms with Gasteiger partial charge in [-0.15, -0.1) is 0 Å². The summed E-state index contributed by atoms with van der Waals surface area (Å²) in [5.74, 6) is -0.849. The second-order valence-electron chi connectivity index (χ2n) is 7.41. The first-order valence-corrected chi connectivity index (χ1v) is 8.80. The van der Waals surface area contributed by atoms with Crippen molar-refractivity contribution in [3.63, 3.8) is 0 Å². The fourth-order valence-electron chi connectivity index (χ4n) is 2.61. The Balaban J connectivity index is 1.77. The van der Waals surface area contributed by atoms with Crippen LogP contribution in [0.1, 0.15) is 37.5 Å². The highest BCUT2D eigenvalue weighted by Gasteiger charge is 2.24. The normalized spacial score (nSPS) is 15.3. The number of cyclic esters (lactones) is 1. The number of carbonyl (C=O) groups is 2. The summed E-state index contributed by atoms with van der Waals surface area (Å²) in [5.41, 5.74) is 2.89. The van der Waals surface area contributed by atoms with Gasteiger partial charge >= 0.3 is 11.9 Å². The van der Waals surface area contributed by atoms with Crippen LogP contribution in [0.15, 0.2) is 59.2 Å². The molecule has 0 fully saturated rings. The average Bonchev–Trinajstić information content (AvgIpc) is 3.01. The summed E-state index contributed by atoms with van der Waals surface area (Å²) in [4.78, 5) is 27.0. The predicted molar refractivity (Wildman–Crippen MR) is 105 cm³/mol. The number of hydrogen-bond donors (Lipinski definition) is 1. The number of rotatable bonds is 5. The molecule has 6 heteroatoms. The summed E-state index contributed by atoms with van der Waals surface area (Å²) in [6.07, 6.45) is 1.61. The Morgan fingerprint density at radius 1 is 1.11 bits per heavy atom. The number of carboxylic acids is 1. The minimum atomic E-state index is -1.04. The molecule has 0 spiro atoms. The van der Waals surface area contributed by atoms with Crippen molar-refractivity contribution in [1.29, 1.82) is 0 Å². The maximum Gasteiger partial charge on any atom is 0.363 e. The number of aliphatic carboxylic acids is 1. The first kappa shape index (κ1) is 19.4. The minimum Gasteiger partial charge on any atom is -0.482 e. The SMILES string of the molecule is CC(C)(C)c1ccc(C2=N/C(=C\c3ccc(OCC(=O)O)cc3)C(=O)O2)cc1. The third-order valence-electron chi connectivity index (χ3n) is 4.16. The van der Waals surface area contributed by atoms with Crippen molar-refractivity contribution < 1.29 is 24.2 Å². The minimum absolute atomic E-state index is 0.0398. The molecular weight excluding hydrogens is 358 g/mol. The van der Waals surface area contributed by atoms with Gasteiger partial charge in [-0.1, -0.05) is 45.0 Å². The summed E-state index contributed by atoms with van der Waals surface area (Å²) in [6.45, 7) is 5.99. The number of aliphatic imine (C=N–C) groups is 1. The second kappa shape index (κ2) is 7.68. The molecule has 0 saturated heterocycles. The van der Waals surface area contributed by atoms with Crippen LogP contribution in [0.3, 0.4) is 0 Å². The lowest BCUT2D eigenvalue weighted by Gasteiger charge is -2.18. The molecule has 0 unspecified atom stereocenters. The van der Waals surface area contributed by atoms with Gasteiger partial charge < -0.3 is 14.6 Å². The molecule has 1 aliphatic rings. The molecule has 2 aromatic carbocycles. The highest BCUT2D eigenvalue weighted by atomic mass is 16.6. The number of ether oxygens (including phenoxy) is 2. The van der Waals surface area contributed by atoms with Gasteiger partial charge in [-0.2, -0.15) is 0 Å². The second-order valence-corrected chi connectivity index (χ2v) is 7.41. The van der Waals surface area contributed by atoms with E-state index in [-0.39, 0.29) is 17.0 Å². The number of carbonyl (C=O) groups excluding carboxylic acids is 1. The zero-order valence-corrected chi connectivity index (χ0v) is 15.9. The van der Waals surface area contributed by atoms with Crippen molar-refractivity contribution in [3.8, 4) is 5.75 Å². The Kier molecular flexibility index (Phi) is 5.31. The lowest BCUT2D eigenvalue weighted by molar-refractivity contribution is -0.139. The van der Waals surface area contributed by atoms with Gasteiger partial charge in [-0.3, -0.25) is 0 Å². The predicted octanol–water partition coefficient (Wildman–Crippen LogP) is 3.79. The molecule has 0 atom stereocenters. The Bertz CT molecular complexity index is 948. The Morgan fingerprint density at radius 3 is 2.32 bits per heavy atom. The quantitative estimate of drug-likeness (QED) is 0.631. The van der Waals surface area contributed by atoms with Gasteiger partial charge in [-0.05, 0) is 46.9 Å². The van der Waals surface area contributed by atoms with Crippen LogP contribution in [0.5, 0.6) is 5.75 Å². The van der Waals surface area contributed by atoms with Gasteiger partial charge in [-0.25, -0.2) is 14.6 Å². The van der Waals surface area contributed by atoms with E-state index in [1.54, 1.807) is 30.3 Å². The van der Waals surface area contributed by atoms with Crippen molar-refractivity contribution in [2.75, 3.05) is 6.61 Å². The van der Waals surface area contributed by atoms with Crippen LogP contribution in [-0.4, -0.2) is 29.5 Å². The van der Waals surface area contributed by atoms with Gasteiger partial charge in [0, 0.05) is 5.56 Å². The van der Waals surface area contributed by atoms with Crippen LogP contribution in [-0.2, 0) is 19.7 Å². The number of esters is 1. The van der Waals surface area contributed by atoms with E-state index in [0.717, 1.165) is 11.1 Å².